The number of amides is 2. The van der Waals surface area contributed by atoms with Crippen LogP contribution in [0.2, 0.25) is 0 Å². The highest BCUT2D eigenvalue weighted by Crippen LogP contribution is 2.34. The Morgan fingerprint density at radius 2 is 2.18 bits per heavy atom. The SMILES string of the molecule is C=CCN1C(=O)COc2ccc(NC(=O)C(CC)CC)cc21. The van der Waals surface area contributed by atoms with Gasteiger partial charge in [0, 0.05) is 18.2 Å². The van der Waals surface area contributed by atoms with E-state index in [1.54, 1.807) is 29.2 Å². The van der Waals surface area contributed by atoms with Gasteiger partial charge >= 0.3 is 0 Å². The predicted molar refractivity (Wildman–Crippen MR) is 87.2 cm³/mol. The Hall–Kier alpha value is -2.30. The number of nitrogens with one attached hydrogen (secondary N) is 1. The molecule has 0 saturated carbocycles. The lowest BCUT2D eigenvalue weighted by Crippen LogP contribution is -2.38. The summed E-state index contributed by atoms with van der Waals surface area (Å²) in [5.74, 6) is 0.527. The van der Waals surface area contributed by atoms with Crippen molar-refractivity contribution in [2.24, 2.45) is 5.92 Å². The van der Waals surface area contributed by atoms with Crippen molar-refractivity contribution in [3.8, 4) is 5.75 Å². The number of fused-ring (bicyclic) bond motifs is 1. The molecule has 1 heterocycles. The van der Waals surface area contributed by atoms with Crippen molar-refractivity contribution in [1.82, 2.24) is 0 Å². The van der Waals surface area contributed by atoms with Gasteiger partial charge in [-0.3, -0.25) is 9.59 Å². The number of nitrogens with zero attached hydrogens (tertiary/aromatic N) is 1. The Morgan fingerprint density at radius 3 is 2.82 bits per heavy atom. The van der Waals surface area contributed by atoms with Gasteiger partial charge in [0.15, 0.2) is 6.61 Å². The summed E-state index contributed by atoms with van der Waals surface area (Å²) in [6.45, 7) is 8.12. The maximum Gasteiger partial charge on any atom is 0.265 e. The summed E-state index contributed by atoms with van der Waals surface area (Å²) in [6, 6.07) is 5.34. The van der Waals surface area contributed by atoms with E-state index in [-0.39, 0.29) is 24.3 Å². The highest BCUT2D eigenvalue weighted by molar-refractivity contribution is 6.00. The molecule has 0 radical (unpaired) electrons. The minimum absolute atomic E-state index is 0.00167. The molecule has 1 aromatic carbocycles. The van der Waals surface area contributed by atoms with Crippen LogP contribution in [0.1, 0.15) is 26.7 Å². The van der Waals surface area contributed by atoms with Crippen LogP contribution in [0.25, 0.3) is 0 Å². The van der Waals surface area contributed by atoms with Crippen LogP contribution in [0.5, 0.6) is 5.75 Å². The zero-order chi connectivity index (χ0) is 16.1. The van der Waals surface area contributed by atoms with Gasteiger partial charge < -0.3 is 15.0 Å². The average molecular weight is 302 g/mol. The minimum Gasteiger partial charge on any atom is -0.482 e. The number of benzene rings is 1. The van der Waals surface area contributed by atoms with Gasteiger partial charge in [-0.25, -0.2) is 0 Å². The molecule has 0 bridgehead atoms. The second kappa shape index (κ2) is 7.11. The highest BCUT2D eigenvalue weighted by Gasteiger charge is 2.25. The third-order valence-corrected chi connectivity index (χ3v) is 3.84. The summed E-state index contributed by atoms with van der Waals surface area (Å²) in [6.07, 6.45) is 3.28. The van der Waals surface area contributed by atoms with Crippen molar-refractivity contribution >= 4 is 23.2 Å². The van der Waals surface area contributed by atoms with Crippen LogP contribution in [0.3, 0.4) is 0 Å². The second-order valence-electron chi connectivity index (χ2n) is 5.27. The smallest absolute Gasteiger partial charge is 0.265 e. The fraction of sp³-hybridized carbons (Fsp3) is 0.412. The van der Waals surface area contributed by atoms with E-state index >= 15 is 0 Å². The van der Waals surface area contributed by atoms with Crippen LogP contribution in [0.15, 0.2) is 30.9 Å². The monoisotopic (exact) mass is 302 g/mol. The van der Waals surface area contributed by atoms with Gasteiger partial charge in [-0.1, -0.05) is 19.9 Å². The number of hydrogen-bond acceptors (Lipinski definition) is 3. The first-order valence-electron chi connectivity index (χ1n) is 7.59. The minimum atomic E-state index is -0.115. The summed E-state index contributed by atoms with van der Waals surface area (Å²) in [5.41, 5.74) is 1.33. The Kier molecular flexibility index (Phi) is 5.20. The van der Waals surface area contributed by atoms with Crippen LogP contribution >= 0.6 is 0 Å². The quantitative estimate of drug-likeness (QED) is 0.822. The Labute approximate surface area is 130 Å². The first-order valence-corrected chi connectivity index (χ1v) is 7.59. The summed E-state index contributed by atoms with van der Waals surface area (Å²) in [7, 11) is 0. The van der Waals surface area contributed by atoms with E-state index in [4.69, 9.17) is 4.74 Å². The van der Waals surface area contributed by atoms with Crippen molar-refractivity contribution in [2.75, 3.05) is 23.4 Å². The normalized spacial score (nSPS) is 13.6. The molecule has 0 aromatic heterocycles. The van der Waals surface area contributed by atoms with Gasteiger partial charge in [0.05, 0.1) is 5.69 Å². The second-order valence-corrected chi connectivity index (χ2v) is 5.27. The van der Waals surface area contributed by atoms with E-state index in [1.165, 1.54) is 0 Å². The summed E-state index contributed by atoms with van der Waals surface area (Å²) in [4.78, 5) is 25.7. The number of carbonyl (C=O) groups is 2. The fourth-order valence-electron chi connectivity index (χ4n) is 2.51. The molecule has 1 aliphatic heterocycles. The van der Waals surface area contributed by atoms with Gasteiger partial charge in [0.2, 0.25) is 5.91 Å². The molecule has 118 valence electrons. The van der Waals surface area contributed by atoms with Crippen LogP contribution in [-0.2, 0) is 9.59 Å². The van der Waals surface area contributed by atoms with Crippen LogP contribution in [0.4, 0.5) is 11.4 Å². The Balaban J connectivity index is 2.24. The van der Waals surface area contributed by atoms with Crippen molar-refractivity contribution in [3.05, 3.63) is 30.9 Å². The lowest BCUT2D eigenvalue weighted by molar-refractivity contribution is -0.121. The lowest BCUT2D eigenvalue weighted by Gasteiger charge is -2.29. The molecule has 0 saturated heterocycles. The number of anilines is 2. The van der Waals surface area contributed by atoms with E-state index in [2.05, 4.69) is 11.9 Å². The van der Waals surface area contributed by atoms with E-state index < -0.39 is 0 Å². The third kappa shape index (κ3) is 3.30. The topological polar surface area (TPSA) is 58.6 Å². The van der Waals surface area contributed by atoms with Crippen LogP contribution < -0.4 is 15.0 Å². The summed E-state index contributed by atoms with van der Waals surface area (Å²) >= 11 is 0. The Bertz CT molecular complexity index is 579. The summed E-state index contributed by atoms with van der Waals surface area (Å²) < 4.78 is 5.42. The van der Waals surface area contributed by atoms with Gasteiger partial charge in [0.25, 0.3) is 5.91 Å². The molecule has 0 spiro atoms. The maximum atomic E-state index is 12.2. The molecule has 2 rings (SSSR count). The number of ether oxygens (including phenoxy) is 1. The van der Waals surface area contributed by atoms with Crippen molar-refractivity contribution in [3.63, 3.8) is 0 Å². The number of hydrogen-bond donors (Lipinski definition) is 1. The van der Waals surface area contributed by atoms with Crippen molar-refractivity contribution < 1.29 is 14.3 Å². The highest BCUT2D eigenvalue weighted by atomic mass is 16.5. The molecular formula is C17H22N2O3. The van der Waals surface area contributed by atoms with E-state index in [1.807, 2.05) is 13.8 Å². The molecule has 5 heteroatoms. The van der Waals surface area contributed by atoms with Crippen molar-refractivity contribution in [2.45, 2.75) is 26.7 Å². The molecular weight excluding hydrogens is 280 g/mol. The lowest BCUT2D eigenvalue weighted by atomic mass is 10.0. The largest absolute Gasteiger partial charge is 0.482 e. The molecule has 0 fully saturated rings. The van der Waals surface area contributed by atoms with E-state index in [0.29, 0.717) is 23.7 Å². The van der Waals surface area contributed by atoms with Crippen LogP contribution in [0, 0.1) is 5.92 Å². The van der Waals surface area contributed by atoms with Crippen molar-refractivity contribution in [1.29, 1.82) is 0 Å². The molecule has 1 N–H and O–H groups in total. The zero-order valence-corrected chi connectivity index (χ0v) is 13.1. The Morgan fingerprint density at radius 1 is 1.45 bits per heavy atom. The molecule has 0 atom stereocenters. The number of rotatable bonds is 6. The zero-order valence-electron chi connectivity index (χ0n) is 13.1. The first kappa shape index (κ1) is 16.1. The van der Waals surface area contributed by atoms with Gasteiger partial charge in [-0.15, -0.1) is 6.58 Å². The molecule has 22 heavy (non-hydrogen) atoms. The van der Waals surface area contributed by atoms with Gasteiger partial charge in [-0.05, 0) is 31.0 Å². The molecule has 2 amide bonds. The molecule has 0 aliphatic carbocycles. The third-order valence-electron chi connectivity index (χ3n) is 3.84. The maximum absolute atomic E-state index is 12.2. The van der Waals surface area contributed by atoms with Gasteiger partial charge in [-0.2, -0.15) is 0 Å². The molecule has 1 aromatic rings. The van der Waals surface area contributed by atoms with E-state index in [0.717, 1.165) is 12.8 Å². The first-order chi connectivity index (χ1) is 10.6. The van der Waals surface area contributed by atoms with Crippen LogP contribution in [-0.4, -0.2) is 25.0 Å². The van der Waals surface area contributed by atoms with E-state index in [9.17, 15) is 9.59 Å². The summed E-state index contributed by atoms with van der Waals surface area (Å²) in [5, 5.41) is 2.91. The fourth-order valence-corrected chi connectivity index (χ4v) is 2.51. The standard InChI is InChI=1S/C17H22N2O3/c1-4-9-19-14-10-13(18-17(21)12(5-2)6-3)7-8-15(14)22-11-16(19)20/h4,7-8,10,12H,1,5-6,9,11H2,2-3H3,(H,18,21). The molecule has 5 nitrogen and oxygen atoms in total. The predicted octanol–water partition coefficient (Wildman–Crippen LogP) is 2.97. The average Bonchev–Trinajstić information content (AvgIpc) is 2.51. The van der Waals surface area contributed by atoms with Gasteiger partial charge in [0.1, 0.15) is 5.75 Å². The number of carbonyl (C=O) groups excluding carboxylic acids is 2. The molecule has 1 aliphatic rings. The molecule has 0 unspecified atom stereocenters.